The first kappa shape index (κ1) is 23.4. The summed E-state index contributed by atoms with van der Waals surface area (Å²) in [6, 6.07) is 11.2. The summed E-state index contributed by atoms with van der Waals surface area (Å²) in [5.41, 5.74) is 4.01. The lowest BCUT2D eigenvalue weighted by Gasteiger charge is -2.34. The molecule has 3 aromatic rings. The maximum absolute atomic E-state index is 13.5. The maximum Gasteiger partial charge on any atom is 0.243 e. The van der Waals surface area contributed by atoms with Crippen LogP contribution in [0.1, 0.15) is 16.7 Å². The fraction of sp³-hybridized carbons (Fsp3) is 0.360. The van der Waals surface area contributed by atoms with E-state index < -0.39 is 10.0 Å². The van der Waals surface area contributed by atoms with Crippen molar-refractivity contribution in [3.05, 3.63) is 53.1 Å². The van der Waals surface area contributed by atoms with Crippen molar-refractivity contribution >= 4 is 15.8 Å². The Morgan fingerprint density at radius 2 is 1.63 bits per heavy atom. The van der Waals surface area contributed by atoms with Crippen molar-refractivity contribution < 1.29 is 22.6 Å². The van der Waals surface area contributed by atoms with Crippen LogP contribution in [-0.4, -0.2) is 63.0 Å². The van der Waals surface area contributed by atoms with Crippen LogP contribution in [0.4, 0.5) is 5.82 Å². The molecule has 2 aliphatic heterocycles. The second kappa shape index (κ2) is 9.01. The van der Waals surface area contributed by atoms with E-state index in [1.807, 2.05) is 51.1 Å². The van der Waals surface area contributed by atoms with Crippen LogP contribution in [0, 0.1) is 20.8 Å². The molecule has 1 saturated heterocycles. The molecule has 0 atom stereocenters. The number of fused-ring (bicyclic) bond motifs is 1. The van der Waals surface area contributed by atoms with E-state index >= 15 is 0 Å². The van der Waals surface area contributed by atoms with Crippen molar-refractivity contribution in [2.45, 2.75) is 25.7 Å². The van der Waals surface area contributed by atoms with Gasteiger partial charge in [0.2, 0.25) is 16.8 Å². The summed E-state index contributed by atoms with van der Waals surface area (Å²) in [4.78, 5) is 2.40. The fourth-order valence-electron chi connectivity index (χ4n) is 4.60. The van der Waals surface area contributed by atoms with Gasteiger partial charge in [0.25, 0.3) is 0 Å². The van der Waals surface area contributed by atoms with E-state index in [4.69, 9.17) is 14.2 Å². The first-order chi connectivity index (χ1) is 16.8. The van der Waals surface area contributed by atoms with Gasteiger partial charge in [-0.15, -0.1) is 10.2 Å². The molecule has 35 heavy (non-hydrogen) atoms. The van der Waals surface area contributed by atoms with E-state index in [9.17, 15) is 8.42 Å². The van der Waals surface area contributed by atoms with Gasteiger partial charge in [0.15, 0.2) is 17.3 Å². The zero-order valence-corrected chi connectivity index (χ0v) is 21.1. The minimum Gasteiger partial charge on any atom is -0.496 e. The molecule has 0 radical (unpaired) electrons. The highest BCUT2D eigenvalue weighted by atomic mass is 32.2. The standard InChI is InChI=1S/C25H28N4O5S/c1-16-13-23(17(2)18(3)25(16)32-4)35(30,31)29-11-9-28(10-12-29)24-8-6-20(26-27-24)19-5-7-21-22(14-19)34-15-33-21/h5-8,13-14H,9-12,15H2,1-4H3. The lowest BCUT2D eigenvalue weighted by molar-refractivity contribution is 0.174. The average molecular weight is 497 g/mol. The van der Waals surface area contributed by atoms with Gasteiger partial charge in [-0.3, -0.25) is 0 Å². The van der Waals surface area contributed by atoms with Crippen LogP contribution in [0.25, 0.3) is 11.3 Å². The number of anilines is 1. The number of benzene rings is 2. The van der Waals surface area contributed by atoms with Crippen molar-refractivity contribution in [2.24, 2.45) is 0 Å². The summed E-state index contributed by atoms with van der Waals surface area (Å²) in [5, 5.41) is 8.78. The van der Waals surface area contributed by atoms with Crippen molar-refractivity contribution in [3.63, 3.8) is 0 Å². The first-order valence-corrected chi connectivity index (χ1v) is 12.9. The van der Waals surface area contributed by atoms with Crippen molar-refractivity contribution in [2.75, 3.05) is 45.0 Å². The number of sulfonamides is 1. The van der Waals surface area contributed by atoms with Crippen LogP contribution >= 0.6 is 0 Å². The number of methoxy groups -OCH3 is 1. The van der Waals surface area contributed by atoms with Crippen molar-refractivity contribution in [1.29, 1.82) is 0 Å². The second-order valence-electron chi connectivity index (χ2n) is 8.71. The largest absolute Gasteiger partial charge is 0.496 e. The molecule has 0 saturated carbocycles. The minimum absolute atomic E-state index is 0.225. The molecule has 0 N–H and O–H groups in total. The van der Waals surface area contributed by atoms with Gasteiger partial charge in [-0.25, -0.2) is 8.42 Å². The number of ether oxygens (including phenoxy) is 3. The van der Waals surface area contributed by atoms with Gasteiger partial charge in [0.1, 0.15) is 5.75 Å². The molecular weight excluding hydrogens is 468 g/mol. The van der Waals surface area contributed by atoms with Gasteiger partial charge in [0.05, 0.1) is 17.7 Å². The molecule has 0 unspecified atom stereocenters. The van der Waals surface area contributed by atoms with Gasteiger partial charge in [-0.05, 0) is 73.9 Å². The normalized spacial score (nSPS) is 15.9. The van der Waals surface area contributed by atoms with Crippen LogP contribution < -0.4 is 19.1 Å². The summed E-state index contributed by atoms with van der Waals surface area (Å²) in [6.45, 7) is 7.63. The zero-order valence-electron chi connectivity index (χ0n) is 20.2. The third kappa shape index (κ3) is 4.17. The Bertz CT molecular complexity index is 1370. The molecule has 1 aromatic heterocycles. The van der Waals surface area contributed by atoms with E-state index in [2.05, 4.69) is 15.1 Å². The molecule has 184 valence electrons. The summed E-state index contributed by atoms with van der Waals surface area (Å²) in [5.74, 6) is 2.87. The van der Waals surface area contributed by atoms with Crippen LogP contribution in [0.5, 0.6) is 17.2 Å². The van der Waals surface area contributed by atoms with Gasteiger partial charge in [-0.1, -0.05) is 0 Å². The average Bonchev–Trinajstić information content (AvgIpc) is 3.35. The van der Waals surface area contributed by atoms with Gasteiger partial charge in [-0.2, -0.15) is 4.31 Å². The Hall–Kier alpha value is -3.37. The topological polar surface area (TPSA) is 94.1 Å². The zero-order chi connectivity index (χ0) is 24.7. The molecule has 0 bridgehead atoms. The Labute approximate surface area is 205 Å². The Kier molecular flexibility index (Phi) is 6.02. The van der Waals surface area contributed by atoms with Crippen molar-refractivity contribution in [1.82, 2.24) is 14.5 Å². The van der Waals surface area contributed by atoms with Crippen LogP contribution in [-0.2, 0) is 10.0 Å². The molecular formula is C25H28N4O5S. The fourth-order valence-corrected chi connectivity index (χ4v) is 6.39. The van der Waals surface area contributed by atoms with E-state index in [1.165, 1.54) is 0 Å². The summed E-state index contributed by atoms with van der Waals surface area (Å²) < 4.78 is 44.7. The Morgan fingerprint density at radius 1 is 0.886 bits per heavy atom. The highest BCUT2D eigenvalue weighted by Gasteiger charge is 2.31. The van der Waals surface area contributed by atoms with Crippen LogP contribution in [0.2, 0.25) is 0 Å². The van der Waals surface area contributed by atoms with Gasteiger partial charge >= 0.3 is 0 Å². The van der Waals surface area contributed by atoms with E-state index in [0.717, 1.165) is 45.3 Å². The van der Waals surface area contributed by atoms with Crippen LogP contribution in [0.3, 0.4) is 0 Å². The smallest absolute Gasteiger partial charge is 0.243 e. The number of nitrogens with zero attached hydrogens (tertiary/aromatic N) is 4. The van der Waals surface area contributed by atoms with Gasteiger partial charge in [0, 0.05) is 31.7 Å². The number of aromatic nitrogens is 2. The predicted octanol–water partition coefficient (Wildman–Crippen LogP) is 3.32. The van der Waals surface area contributed by atoms with E-state index in [1.54, 1.807) is 17.5 Å². The SMILES string of the molecule is COc1c(C)cc(S(=O)(=O)N2CCN(c3ccc(-c4ccc5c(c4)OCO5)nn3)CC2)c(C)c1C. The molecule has 5 rings (SSSR count). The molecule has 0 spiro atoms. The monoisotopic (exact) mass is 496 g/mol. The Morgan fingerprint density at radius 3 is 2.31 bits per heavy atom. The highest BCUT2D eigenvalue weighted by molar-refractivity contribution is 7.89. The molecule has 3 heterocycles. The lowest BCUT2D eigenvalue weighted by Crippen LogP contribution is -2.49. The molecule has 0 aliphatic carbocycles. The maximum atomic E-state index is 13.5. The quantitative estimate of drug-likeness (QED) is 0.531. The van der Waals surface area contributed by atoms with Crippen LogP contribution in [0.15, 0.2) is 41.3 Å². The summed E-state index contributed by atoms with van der Waals surface area (Å²) >= 11 is 0. The number of piperazine rings is 1. The molecule has 2 aliphatic rings. The summed E-state index contributed by atoms with van der Waals surface area (Å²) in [6.07, 6.45) is 0. The summed E-state index contributed by atoms with van der Waals surface area (Å²) in [7, 11) is -2.02. The third-order valence-corrected chi connectivity index (χ3v) is 8.71. The highest BCUT2D eigenvalue weighted by Crippen LogP contribution is 2.36. The van der Waals surface area contributed by atoms with Gasteiger partial charge < -0.3 is 19.1 Å². The number of aryl methyl sites for hydroxylation is 1. The lowest BCUT2D eigenvalue weighted by atomic mass is 10.1. The molecule has 2 aromatic carbocycles. The number of rotatable bonds is 5. The first-order valence-electron chi connectivity index (χ1n) is 11.4. The molecule has 0 amide bonds. The molecule has 9 nitrogen and oxygen atoms in total. The van der Waals surface area contributed by atoms with E-state index in [-0.39, 0.29) is 6.79 Å². The van der Waals surface area contributed by atoms with Crippen molar-refractivity contribution in [3.8, 4) is 28.5 Å². The van der Waals surface area contributed by atoms with E-state index in [0.29, 0.717) is 36.8 Å². The molecule has 1 fully saturated rings. The number of hydrogen-bond acceptors (Lipinski definition) is 8. The Balaban J connectivity index is 1.29. The third-order valence-electron chi connectivity index (χ3n) is 6.68. The minimum atomic E-state index is -3.62. The second-order valence-corrected chi connectivity index (χ2v) is 10.6. The molecule has 10 heteroatoms. The number of hydrogen-bond donors (Lipinski definition) is 0. The predicted molar refractivity (Wildman–Crippen MR) is 132 cm³/mol.